The van der Waals surface area contributed by atoms with E-state index in [4.69, 9.17) is 4.74 Å². The third-order valence-electron chi connectivity index (χ3n) is 2.73. The predicted octanol–water partition coefficient (Wildman–Crippen LogP) is 4.11. The highest BCUT2D eigenvalue weighted by Gasteiger charge is 2.02. The third kappa shape index (κ3) is 3.50. The fourth-order valence-electron chi connectivity index (χ4n) is 1.80. The van der Waals surface area contributed by atoms with Gasteiger partial charge < -0.3 is 10.1 Å². The fraction of sp³-hybridized carbons (Fsp3) is 0.200. The number of methoxy groups -OCH3 is 1. The first-order valence-electron chi connectivity index (χ1n) is 5.91. The van der Waals surface area contributed by atoms with Gasteiger partial charge in [0.25, 0.3) is 0 Å². The number of hydrogen-bond donors (Lipinski definition) is 1. The van der Waals surface area contributed by atoms with Crippen LogP contribution in [0.3, 0.4) is 0 Å². The second-order valence-corrected chi connectivity index (χ2v) is 4.92. The van der Waals surface area contributed by atoms with Gasteiger partial charge in [0.15, 0.2) is 0 Å². The molecule has 1 N–H and O–H groups in total. The highest BCUT2D eigenvalue weighted by Crippen LogP contribution is 2.27. The second kappa shape index (κ2) is 6.45. The molecule has 2 rings (SSSR count). The van der Waals surface area contributed by atoms with Gasteiger partial charge in [-0.1, -0.05) is 46.3 Å². The van der Waals surface area contributed by atoms with Crippen LogP contribution in [-0.2, 0) is 6.42 Å². The van der Waals surface area contributed by atoms with E-state index in [2.05, 4.69) is 45.5 Å². The summed E-state index contributed by atoms with van der Waals surface area (Å²) in [6, 6.07) is 16.4. The van der Waals surface area contributed by atoms with Gasteiger partial charge in [0.2, 0.25) is 0 Å². The second-order valence-electron chi connectivity index (χ2n) is 4.01. The summed E-state index contributed by atoms with van der Waals surface area (Å²) in [5.41, 5.74) is 2.35. The Morgan fingerprint density at radius 1 is 1.11 bits per heavy atom. The fourth-order valence-corrected chi connectivity index (χ4v) is 2.17. The van der Waals surface area contributed by atoms with Gasteiger partial charge in [0.1, 0.15) is 5.75 Å². The van der Waals surface area contributed by atoms with Gasteiger partial charge in [-0.15, -0.1) is 0 Å². The van der Waals surface area contributed by atoms with Crippen molar-refractivity contribution in [2.75, 3.05) is 19.0 Å². The molecule has 0 fully saturated rings. The number of nitrogens with one attached hydrogen (secondary N) is 1. The summed E-state index contributed by atoms with van der Waals surface area (Å²) in [6.07, 6.45) is 0.997. The van der Waals surface area contributed by atoms with Gasteiger partial charge >= 0.3 is 0 Å². The molecule has 2 aromatic rings. The number of rotatable bonds is 5. The van der Waals surface area contributed by atoms with Gasteiger partial charge in [0, 0.05) is 11.0 Å². The molecule has 0 atom stereocenters. The first-order valence-corrected chi connectivity index (χ1v) is 6.70. The molecule has 2 nitrogen and oxygen atoms in total. The van der Waals surface area contributed by atoms with E-state index in [9.17, 15) is 0 Å². The minimum atomic E-state index is 0.867. The number of ether oxygens (including phenoxy) is 1. The lowest BCUT2D eigenvalue weighted by Crippen LogP contribution is -2.06. The standard InChI is InChI=1S/C15H16BrNO/c1-18-15-8-7-13(16)11-14(15)17-10-9-12-5-3-2-4-6-12/h2-8,11,17H,9-10H2,1H3. The van der Waals surface area contributed by atoms with Crippen molar-refractivity contribution in [3.05, 3.63) is 58.6 Å². The minimum absolute atomic E-state index is 0.867. The molecule has 0 amide bonds. The molecule has 0 spiro atoms. The summed E-state index contributed by atoms with van der Waals surface area (Å²) in [5.74, 6) is 0.867. The van der Waals surface area contributed by atoms with Crippen molar-refractivity contribution in [1.29, 1.82) is 0 Å². The molecule has 0 radical (unpaired) electrons. The van der Waals surface area contributed by atoms with Crippen LogP contribution in [0.2, 0.25) is 0 Å². The molecule has 94 valence electrons. The van der Waals surface area contributed by atoms with Gasteiger partial charge in [0.05, 0.1) is 12.8 Å². The summed E-state index contributed by atoms with van der Waals surface area (Å²) in [7, 11) is 1.69. The number of benzene rings is 2. The number of hydrogen-bond acceptors (Lipinski definition) is 2. The monoisotopic (exact) mass is 305 g/mol. The zero-order chi connectivity index (χ0) is 12.8. The molecule has 0 aliphatic heterocycles. The van der Waals surface area contributed by atoms with Crippen molar-refractivity contribution < 1.29 is 4.74 Å². The summed E-state index contributed by atoms with van der Waals surface area (Å²) >= 11 is 3.47. The lowest BCUT2D eigenvalue weighted by atomic mass is 10.1. The summed E-state index contributed by atoms with van der Waals surface area (Å²) in [5, 5.41) is 3.40. The Kier molecular flexibility index (Phi) is 4.65. The highest BCUT2D eigenvalue weighted by molar-refractivity contribution is 9.10. The molecule has 0 bridgehead atoms. The molecule has 0 heterocycles. The Balaban J connectivity index is 1.96. The Labute approximate surface area is 116 Å². The van der Waals surface area contributed by atoms with Gasteiger partial charge in [-0.05, 0) is 30.2 Å². The van der Waals surface area contributed by atoms with E-state index in [0.29, 0.717) is 0 Å². The first-order chi connectivity index (χ1) is 8.79. The van der Waals surface area contributed by atoms with Crippen LogP contribution in [-0.4, -0.2) is 13.7 Å². The first kappa shape index (κ1) is 13.0. The van der Waals surface area contributed by atoms with Gasteiger partial charge in [-0.3, -0.25) is 0 Å². The van der Waals surface area contributed by atoms with Gasteiger partial charge in [-0.2, -0.15) is 0 Å². The zero-order valence-electron chi connectivity index (χ0n) is 10.3. The molecule has 0 aromatic heterocycles. The van der Waals surface area contributed by atoms with Crippen LogP contribution in [0.15, 0.2) is 53.0 Å². The molecule has 0 unspecified atom stereocenters. The minimum Gasteiger partial charge on any atom is -0.495 e. The molecule has 2 aromatic carbocycles. The highest BCUT2D eigenvalue weighted by atomic mass is 79.9. The van der Waals surface area contributed by atoms with Crippen LogP contribution in [0.1, 0.15) is 5.56 Å². The molecule has 0 aliphatic rings. The van der Waals surface area contributed by atoms with Gasteiger partial charge in [-0.25, -0.2) is 0 Å². The van der Waals surface area contributed by atoms with Crippen molar-refractivity contribution in [1.82, 2.24) is 0 Å². The number of halogens is 1. The summed E-state index contributed by atoms with van der Waals surface area (Å²) in [6.45, 7) is 0.886. The normalized spacial score (nSPS) is 10.1. The maximum atomic E-state index is 5.32. The molecule has 0 saturated heterocycles. The summed E-state index contributed by atoms with van der Waals surface area (Å²) < 4.78 is 6.37. The van der Waals surface area contributed by atoms with Crippen LogP contribution >= 0.6 is 15.9 Å². The van der Waals surface area contributed by atoms with E-state index >= 15 is 0 Å². The molecule has 18 heavy (non-hydrogen) atoms. The maximum Gasteiger partial charge on any atom is 0.142 e. The Hall–Kier alpha value is -1.48. The SMILES string of the molecule is COc1ccc(Br)cc1NCCc1ccccc1. The Morgan fingerprint density at radius 2 is 1.89 bits per heavy atom. The van der Waals surface area contributed by atoms with Crippen LogP contribution in [0.5, 0.6) is 5.75 Å². The third-order valence-corrected chi connectivity index (χ3v) is 3.23. The van der Waals surface area contributed by atoms with E-state index in [1.807, 2.05) is 24.3 Å². The maximum absolute atomic E-state index is 5.32. The average Bonchev–Trinajstić information content (AvgIpc) is 2.40. The molecule has 0 saturated carbocycles. The predicted molar refractivity (Wildman–Crippen MR) is 79.3 cm³/mol. The summed E-state index contributed by atoms with van der Waals surface area (Å²) in [4.78, 5) is 0. The Bertz CT molecular complexity index is 499. The molecular weight excluding hydrogens is 290 g/mol. The van der Waals surface area contributed by atoms with Crippen molar-refractivity contribution in [2.45, 2.75) is 6.42 Å². The quantitative estimate of drug-likeness (QED) is 0.897. The molecular formula is C15H16BrNO. The van der Waals surface area contributed by atoms with Crippen molar-refractivity contribution >= 4 is 21.6 Å². The van der Waals surface area contributed by atoms with E-state index in [0.717, 1.165) is 28.9 Å². The number of anilines is 1. The molecule has 0 aliphatic carbocycles. The zero-order valence-corrected chi connectivity index (χ0v) is 11.9. The van der Waals surface area contributed by atoms with E-state index in [-0.39, 0.29) is 0 Å². The largest absolute Gasteiger partial charge is 0.495 e. The van der Waals surface area contributed by atoms with E-state index in [1.54, 1.807) is 7.11 Å². The van der Waals surface area contributed by atoms with Crippen LogP contribution in [0, 0.1) is 0 Å². The van der Waals surface area contributed by atoms with Crippen LogP contribution in [0.4, 0.5) is 5.69 Å². The average molecular weight is 306 g/mol. The van der Waals surface area contributed by atoms with Crippen molar-refractivity contribution in [2.24, 2.45) is 0 Å². The van der Waals surface area contributed by atoms with Crippen molar-refractivity contribution in [3.8, 4) is 5.75 Å². The lowest BCUT2D eigenvalue weighted by molar-refractivity contribution is 0.416. The Morgan fingerprint density at radius 3 is 2.61 bits per heavy atom. The topological polar surface area (TPSA) is 21.3 Å². The van der Waals surface area contributed by atoms with Crippen LogP contribution in [0.25, 0.3) is 0 Å². The van der Waals surface area contributed by atoms with E-state index < -0.39 is 0 Å². The van der Waals surface area contributed by atoms with Crippen molar-refractivity contribution in [3.63, 3.8) is 0 Å². The van der Waals surface area contributed by atoms with E-state index in [1.165, 1.54) is 5.56 Å². The molecule has 3 heteroatoms. The lowest BCUT2D eigenvalue weighted by Gasteiger charge is -2.11. The van der Waals surface area contributed by atoms with Crippen LogP contribution < -0.4 is 10.1 Å². The smallest absolute Gasteiger partial charge is 0.142 e.